The molecule has 0 bridgehead atoms. The maximum atomic E-state index is 12.4. The SMILES string of the molecule is O=C(Nc1nc2c(s1)CCCCC2)c1ccc(-n2cccn2)nc1. The number of fused-ring (bicyclic) bond motifs is 1. The number of hydrogen-bond acceptors (Lipinski definition) is 5. The number of rotatable bonds is 3. The Labute approximate surface area is 143 Å². The number of aromatic nitrogens is 4. The van der Waals surface area contributed by atoms with Crippen molar-refractivity contribution in [2.45, 2.75) is 32.1 Å². The summed E-state index contributed by atoms with van der Waals surface area (Å²) >= 11 is 1.60. The summed E-state index contributed by atoms with van der Waals surface area (Å²) in [5.74, 6) is 0.496. The fourth-order valence-corrected chi connectivity index (χ4v) is 3.86. The topological polar surface area (TPSA) is 72.7 Å². The summed E-state index contributed by atoms with van der Waals surface area (Å²) in [4.78, 5) is 22.6. The van der Waals surface area contributed by atoms with Gasteiger partial charge in [-0.2, -0.15) is 5.10 Å². The molecular weight excluding hydrogens is 322 g/mol. The van der Waals surface area contributed by atoms with Crippen molar-refractivity contribution in [3.63, 3.8) is 0 Å². The van der Waals surface area contributed by atoms with Crippen molar-refractivity contribution in [1.82, 2.24) is 19.7 Å². The minimum atomic E-state index is -0.182. The van der Waals surface area contributed by atoms with E-state index >= 15 is 0 Å². The first-order valence-electron chi connectivity index (χ1n) is 8.05. The molecule has 0 saturated carbocycles. The molecule has 3 aromatic rings. The van der Waals surface area contributed by atoms with Crippen LogP contribution < -0.4 is 5.32 Å². The maximum absolute atomic E-state index is 12.4. The normalized spacial score (nSPS) is 14.0. The Bertz CT molecular complexity index is 815. The van der Waals surface area contributed by atoms with Gasteiger partial charge in [0.15, 0.2) is 10.9 Å². The second kappa shape index (κ2) is 6.52. The number of thiazole rings is 1. The number of carbonyl (C=O) groups excluding carboxylic acids is 1. The van der Waals surface area contributed by atoms with Gasteiger partial charge in [0.1, 0.15) is 0 Å². The molecule has 0 radical (unpaired) electrons. The summed E-state index contributed by atoms with van der Waals surface area (Å²) in [7, 11) is 0. The number of nitrogens with one attached hydrogen (secondary N) is 1. The molecule has 7 heteroatoms. The van der Waals surface area contributed by atoms with Gasteiger partial charge >= 0.3 is 0 Å². The number of pyridine rings is 1. The summed E-state index contributed by atoms with van der Waals surface area (Å²) in [5.41, 5.74) is 1.66. The van der Waals surface area contributed by atoms with E-state index in [1.54, 1.807) is 40.5 Å². The lowest BCUT2D eigenvalue weighted by atomic mass is 10.2. The Morgan fingerprint density at radius 1 is 1.21 bits per heavy atom. The van der Waals surface area contributed by atoms with Crippen LogP contribution in [0.3, 0.4) is 0 Å². The predicted molar refractivity (Wildman–Crippen MR) is 92.7 cm³/mol. The van der Waals surface area contributed by atoms with Crippen molar-refractivity contribution in [3.8, 4) is 5.82 Å². The van der Waals surface area contributed by atoms with Gasteiger partial charge in [-0.25, -0.2) is 14.6 Å². The van der Waals surface area contributed by atoms with Crippen LogP contribution in [0, 0.1) is 0 Å². The Balaban J connectivity index is 1.48. The molecule has 3 aromatic heterocycles. The molecule has 3 heterocycles. The third kappa shape index (κ3) is 3.07. The molecule has 0 atom stereocenters. The van der Waals surface area contributed by atoms with Crippen molar-refractivity contribution in [2.24, 2.45) is 0 Å². The minimum absolute atomic E-state index is 0.182. The molecule has 4 rings (SSSR count). The lowest BCUT2D eigenvalue weighted by Crippen LogP contribution is -2.12. The Morgan fingerprint density at radius 2 is 2.12 bits per heavy atom. The van der Waals surface area contributed by atoms with Crippen LogP contribution in [0.4, 0.5) is 5.13 Å². The monoisotopic (exact) mass is 339 g/mol. The molecule has 1 aliphatic rings. The average molecular weight is 339 g/mol. The Hall–Kier alpha value is -2.54. The van der Waals surface area contributed by atoms with Crippen LogP contribution in [-0.4, -0.2) is 25.7 Å². The molecule has 0 unspecified atom stereocenters. The first kappa shape index (κ1) is 15.0. The van der Waals surface area contributed by atoms with E-state index in [2.05, 4.69) is 20.4 Å². The second-order valence-corrected chi connectivity index (χ2v) is 6.84. The predicted octanol–water partition coefficient (Wildman–Crippen LogP) is 3.25. The summed E-state index contributed by atoms with van der Waals surface area (Å²) in [6.07, 6.45) is 10.8. The molecular formula is C17H17N5OS. The Kier molecular flexibility index (Phi) is 4.08. The standard InChI is InChI=1S/C17H17N5OS/c23-16(12-7-8-15(18-11-12)22-10-4-9-19-22)21-17-20-13-5-2-1-3-6-14(13)24-17/h4,7-11H,1-3,5-6H2,(H,20,21,23). The minimum Gasteiger partial charge on any atom is -0.298 e. The number of amides is 1. The van der Waals surface area contributed by atoms with Crippen molar-refractivity contribution in [2.75, 3.05) is 5.32 Å². The van der Waals surface area contributed by atoms with E-state index in [0.29, 0.717) is 16.5 Å². The molecule has 6 nitrogen and oxygen atoms in total. The van der Waals surface area contributed by atoms with Gasteiger partial charge in [-0.05, 0) is 43.9 Å². The summed E-state index contributed by atoms with van der Waals surface area (Å²) in [6.45, 7) is 0. The van der Waals surface area contributed by atoms with Gasteiger partial charge in [0, 0.05) is 23.5 Å². The Morgan fingerprint density at radius 3 is 2.92 bits per heavy atom. The second-order valence-electron chi connectivity index (χ2n) is 5.76. The first-order chi connectivity index (χ1) is 11.8. The zero-order chi connectivity index (χ0) is 16.4. The van der Waals surface area contributed by atoms with Crippen LogP contribution in [0.2, 0.25) is 0 Å². The zero-order valence-corrected chi connectivity index (χ0v) is 13.9. The molecule has 1 amide bonds. The van der Waals surface area contributed by atoms with Crippen LogP contribution in [0.25, 0.3) is 5.82 Å². The van der Waals surface area contributed by atoms with Crippen LogP contribution in [0.5, 0.6) is 0 Å². The molecule has 0 aliphatic heterocycles. The fraction of sp³-hybridized carbons (Fsp3) is 0.294. The lowest BCUT2D eigenvalue weighted by molar-refractivity contribution is 0.102. The molecule has 1 N–H and O–H groups in total. The highest BCUT2D eigenvalue weighted by Crippen LogP contribution is 2.29. The lowest BCUT2D eigenvalue weighted by Gasteiger charge is -2.03. The molecule has 1 aliphatic carbocycles. The third-order valence-electron chi connectivity index (χ3n) is 4.07. The smallest absolute Gasteiger partial charge is 0.259 e. The highest BCUT2D eigenvalue weighted by molar-refractivity contribution is 7.15. The molecule has 0 saturated heterocycles. The van der Waals surface area contributed by atoms with E-state index in [0.717, 1.165) is 18.5 Å². The molecule has 0 spiro atoms. The van der Waals surface area contributed by atoms with Gasteiger partial charge < -0.3 is 0 Å². The quantitative estimate of drug-likeness (QED) is 0.744. The summed E-state index contributed by atoms with van der Waals surface area (Å²) in [6, 6.07) is 5.35. The number of hydrogen-bond donors (Lipinski definition) is 1. The van der Waals surface area contributed by atoms with E-state index in [4.69, 9.17) is 0 Å². The molecule has 0 fully saturated rings. The van der Waals surface area contributed by atoms with Gasteiger partial charge in [-0.15, -0.1) is 11.3 Å². The number of carbonyl (C=O) groups is 1. The molecule has 24 heavy (non-hydrogen) atoms. The number of aryl methyl sites for hydroxylation is 2. The number of nitrogens with zero attached hydrogens (tertiary/aromatic N) is 4. The fourth-order valence-electron chi connectivity index (χ4n) is 2.81. The highest BCUT2D eigenvalue weighted by Gasteiger charge is 2.16. The van der Waals surface area contributed by atoms with Gasteiger partial charge in [0.05, 0.1) is 11.3 Å². The van der Waals surface area contributed by atoms with E-state index in [-0.39, 0.29) is 5.91 Å². The molecule has 0 aromatic carbocycles. The van der Waals surface area contributed by atoms with Crippen molar-refractivity contribution < 1.29 is 4.79 Å². The molecule has 122 valence electrons. The van der Waals surface area contributed by atoms with Crippen molar-refractivity contribution in [1.29, 1.82) is 0 Å². The van der Waals surface area contributed by atoms with E-state index in [1.807, 2.05) is 12.3 Å². The van der Waals surface area contributed by atoms with Gasteiger partial charge in [0.2, 0.25) is 0 Å². The van der Waals surface area contributed by atoms with E-state index in [9.17, 15) is 4.79 Å². The maximum Gasteiger partial charge on any atom is 0.259 e. The van der Waals surface area contributed by atoms with Crippen molar-refractivity contribution >= 4 is 22.4 Å². The third-order valence-corrected chi connectivity index (χ3v) is 5.14. The van der Waals surface area contributed by atoms with Gasteiger partial charge in [-0.3, -0.25) is 10.1 Å². The van der Waals surface area contributed by atoms with Crippen molar-refractivity contribution in [3.05, 3.63) is 52.9 Å². The summed E-state index contributed by atoms with van der Waals surface area (Å²) < 4.78 is 1.65. The first-order valence-corrected chi connectivity index (χ1v) is 8.87. The number of anilines is 1. The van der Waals surface area contributed by atoms with E-state index < -0.39 is 0 Å². The van der Waals surface area contributed by atoms with Gasteiger partial charge in [-0.1, -0.05) is 6.42 Å². The van der Waals surface area contributed by atoms with Crippen LogP contribution in [0.1, 0.15) is 40.2 Å². The largest absolute Gasteiger partial charge is 0.298 e. The van der Waals surface area contributed by atoms with Crippen LogP contribution in [-0.2, 0) is 12.8 Å². The van der Waals surface area contributed by atoms with E-state index in [1.165, 1.54) is 24.1 Å². The van der Waals surface area contributed by atoms with Crippen LogP contribution >= 0.6 is 11.3 Å². The average Bonchev–Trinajstić information content (AvgIpc) is 3.21. The zero-order valence-electron chi connectivity index (χ0n) is 13.1. The van der Waals surface area contributed by atoms with Crippen LogP contribution in [0.15, 0.2) is 36.8 Å². The highest BCUT2D eigenvalue weighted by atomic mass is 32.1. The van der Waals surface area contributed by atoms with Gasteiger partial charge in [0.25, 0.3) is 5.91 Å². The summed E-state index contributed by atoms with van der Waals surface area (Å²) in [5, 5.41) is 7.70.